The minimum atomic E-state index is -1.22. The van der Waals surface area contributed by atoms with Crippen LogP contribution in [0.1, 0.15) is 13.3 Å². The van der Waals surface area contributed by atoms with Gasteiger partial charge in [-0.3, -0.25) is 4.79 Å². The van der Waals surface area contributed by atoms with E-state index in [-0.39, 0.29) is 18.5 Å². The van der Waals surface area contributed by atoms with E-state index in [2.05, 4.69) is 11.7 Å². The number of carboxylic acids is 3. The van der Waals surface area contributed by atoms with E-state index in [0.717, 1.165) is 0 Å². The summed E-state index contributed by atoms with van der Waals surface area (Å²) in [5.74, 6) is -3.35. The van der Waals surface area contributed by atoms with Crippen LogP contribution in [0.25, 0.3) is 0 Å². The molecule has 0 aromatic rings. The standard InChI is InChI=1S/C6H8O4.C4H5NO2/c1-2-4(6(9)10)3-5(7)8;1-2-5-3-4(6)7/h3H,2H2,1H3,(H,7,8)(H,9,10);1,5H,3H2,(H,6,7)/b4-3+;. The van der Waals surface area contributed by atoms with Crippen LogP contribution in [0, 0.1) is 12.5 Å². The second-order valence-corrected chi connectivity index (χ2v) is 2.56. The fourth-order valence-electron chi connectivity index (χ4n) is 0.591. The van der Waals surface area contributed by atoms with E-state index in [1.807, 2.05) is 6.04 Å². The van der Waals surface area contributed by atoms with Crippen molar-refractivity contribution in [2.24, 2.45) is 0 Å². The molecule has 0 aliphatic rings. The van der Waals surface area contributed by atoms with Gasteiger partial charge in [-0.15, -0.1) is 0 Å². The summed E-state index contributed by atoms with van der Waals surface area (Å²) in [7, 11) is 0. The number of hydrogen-bond donors (Lipinski definition) is 4. The van der Waals surface area contributed by atoms with Crippen LogP contribution < -0.4 is 5.32 Å². The van der Waals surface area contributed by atoms with Crippen LogP contribution in [0.3, 0.4) is 0 Å². The molecule has 0 radical (unpaired) electrons. The third-order valence-electron chi connectivity index (χ3n) is 1.29. The van der Waals surface area contributed by atoms with E-state index in [9.17, 15) is 14.4 Å². The predicted octanol–water partition coefficient (Wildman–Crippen LogP) is -0.257. The summed E-state index contributed by atoms with van der Waals surface area (Å²) in [4.78, 5) is 29.7. The Labute approximate surface area is 97.8 Å². The number of hydrogen-bond acceptors (Lipinski definition) is 4. The molecule has 94 valence electrons. The first-order valence-electron chi connectivity index (χ1n) is 4.42. The maximum absolute atomic E-state index is 10.1. The SMILES string of the molecule is C#CNCC(=O)O.CC/C(=C\C(=O)O)C(=O)O. The summed E-state index contributed by atoms with van der Waals surface area (Å²) in [5, 5.41) is 26.5. The van der Waals surface area contributed by atoms with Crippen LogP contribution in [0.2, 0.25) is 0 Å². The largest absolute Gasteiger partial charge is 0.480 e. The Hall–Kier alpha value is -2.49. The van der Waals surface area contributed by atoms with Gasteiger partial charge in [-0.1, -0.05) is 13.3 Å². The molecule has 0 aliphatic carbocycles. The Bertz CT molecular complexity index is 352. The van der Waals surface area contributed by atoms with Gasteiger partial charge in [-0.25, -0.2) is 9.59 Å². The molecular weight excluding hydrogens is 230 g/mol. The first-order valence-corrected chi connectivity index (χ1v) is 4.42. The van der Waals surface area contributed by atoms with Gasteiger partial charge in [0, 0.05) is 17.7 Å². The van der Waals surface area contributed by atoms with Gasteiger partial charge in [0.15, 0.2) is 0 Å². The first-order chi connectivity index (χ1) is 7.84. The summed E-state index contributed by atoms with van der Waals surface area (Å²) < 4.78 is 0. The Morgan fingerprint density at radius 2 is 1.82 bits per heavy atom. The molecule has 0 aromatic carbocycles. The number of terminal acetylenes is 1. The lowest BCUT2D eigenvalue weighted by molar-refractivity contribution is -0.136. The smallest absolute Gasteiger partial charge is 0.331 e. The third kappa shape index (κ3) is 13.5. The quantitative estimate of drug-likeness (QED) is 0.298. The molecule has 0 spiro atoms. The fraction of sp³-hybridized carbons (Fsp3) is 0.300. The van der Waals surface area contributed by atoms with E-state index < -0.39 is 17.9 Å². The third-order valence-corrected chi connectivity index (χ3v) is 1.29. The summed E-state index contributed by atoms with van der Waals surface area (Å²) in [6.45, 7) is 1.42. The molecule has 0 amide bonds. The number of carbonyl (C=O) groups is 3. The van der Waals surface area contributed by atoms with Gasteiger partial charge in [0.1, 0.15) is 6.54 Å². The van der Waals surface area contributed by atoms with Gasteiger partial charge < -0.3 is 20.6 Å². The fourth-order valence-corrected chi connectivity index (χ4v) is 0.591. The maximum atomic E-state index is 10.1. The van der Waals surface area contributed by atoms with Crippen LogP contribution in [0.15, 0.2) is 11.6 Å². The van der Waals surface area contributed by atoms with Crippen molar-refractivity contribution in [2.45, 2.75) is 13.3 Å². The van der Waals surface area contributed by atoms with E-state index >= 15 is 0 Å². The zero-order chi connectivity index (χ0) is 13.8. The second kappa shape index (κ2) is 10.0. The molecule has 0 bridgehead atoms. The van der Waals surface area contributed by atoms with Crippen LogP contribution in [-0.4, -0.2) is 39.8 Å². The molecule has 0 unspecified atom stereocenters. The van der Waals surface area contributed by atoms with Crippen molar-refractivity contribution in [2.75, 3.05) is 6.54 Å². The molecule has 0 aliphatic heterocycles. The lowest BCUT2D eigenvalue weighted by Crippen LogP contribution is -2.16. The van der Waals surface area contributed by atoms with Crippen LogP contribution in [0.5, 0.6) is 0 Å². The molecule has 0 rings (SSSR count). The molecule has 0 aromatic heterocycles. The van der Waals surface area contributed by atoms with Crippen molar-refractivity contribution in [1.29, 1.82) is 0 Å². The zero-order valence-corrected chi connectivity index (χ0v) is 9.14. The van der Waals surface area contributed by atoms with E-state index in [4.69, 9.17) is 15.3 Å². The minimum Gasteiger partial charge on any atom is -0.480 e. The Kier molecular flexibility index (Phi) is 10.00. The summed E-state index contributed by atoms with van der Waals surface area (Å²) in [6, 6.07) is 1.97. The van der Waals surface area contributed by atoms with Gasteiger partial charge in [0.25, 0.3) is 0 Å². The number of rotatable bonds is 5. The van der Waals surface area contributed by atoms with Crippen LogP contribution in [-0.2, 0) is 14.4 Å². The normalized spacial score (nSPS) is 9.29. The predicted molar refractivity (Wildman–Crippen MR) is 58.1 cm³/mol. The highest BCUT2D eigenvalue weighted by Crippen LogP contribution is 1.98. The molecule has 0 atom stereocenters. The number of carboxylic acid groups (broad SMARTS) is 3. The summed E-state index contributed by atoms with van der Waals surface area (Å²) >= 11 is 0. The highest BCUT2D eigenvalue weighted by molar-refractivity contribution is 5.94. The molecular formula is C10H13NO6. The Balaban J connectivity index is 0. The van der Waals surface area contributed by atoms with Crippen LogP contribution >= 0.6 is 0 Å². The van der Waals surface area contributed by atoms with Gasteiger partial charge in [-0.2, -0.15) is 0 Å². The number of aliphatic carboxylic acids is 3. The van der Waals surface area contributed by atoms with E-state index in [1.165, 1.54) is 0 Å². The van der Waals surface area contributed by atoms with Crippen molar-refractivity contribution in [3.8, 4) is 12.5 Å². The molecule has 0 saturated heterocycles. The Morgan fingerprint density at radius 1 is 1.29 bits per heavy atom. The highest BCUT2D eigenvalue weighted by Gasteiger charge is 2.05. The molecule has 0 heterocycles. The molecule has 17 heavy (non-hydrogen) atoms. The van der Waals surface area contributed by atoms with Crippen LogP contribution in [0.4, 0.5) is 0 Å². The zero-order valence-electron chi connectivity index (χ0n) is 9.14. The maximum Gasteiger partial charge on any atom is 0.331 e. The van der Waals surface area contributed by atoms with Gasteiger partial charge in [0.2, 0.25) is 0 Å². The summed E-state index contributed by atoms with van der Waals surface area (Å²) in [5.41, 5.74) is -0.0903. The average Bonchev–Trinajstić information content (AvgIpc) is 2.23. The lowest BCUT2D eigenvalue weighted by Gasteiger charge is -1.92. The van der Waals surface area contributed by atoms with Crippen molar-refractivity contribution in [1.82, 2.24) is 5.32 Å². The van der Waals surface area contributed by atoms with Gasteiger partial charge >= 0.3 is 17.9 Å². The van der Waals surface area contributed by atoms with Gasteiger partial charge in [-0.05, 0) is 6.42 Å². The molecule has 7 heteroatoms. The molecule has 4 N–H and O–H groups in total. The minimum absolute atomic E-state index is 0.0903. The Morgan fingerprint density at radius 3 is 1.94 bits per heavy atom. The van der Waals surface area contributed by atoms with E-state index in [1.54, 1.807) is 6.92 Å². The molecule has 0 fully saturated rings. The van der Waals surface area contributed by atoms with Crippen molar-refractivity contribution >= 4 is 17.9 Å². The lowest BCUT2D eigenvalue weighted by atomic mass is 10.2. The average molecular weight is 243 g/mol. The topological polar surface area (TPSA) is 124 Å². The molecule has 7 nitrogen and oxygen atoms in total. The van der Waals surface area contributed by atoms with Crippen molar-refractivity contribution in [3.63, 3.8) is 0 Å². The summed E-state index contributed by atoms with van der Waals surface area (Å²) in [6.07, 6.45) is 5.57. The monoisotopic (exact) mass is 243 g/mol. The molecule has 0 saturated carbocycles. The number of nitrogens with one attached hydrogen (secondary N) is 1. The van der Waals surface area contributed by atoms with Crippen molar-refractivity contribution in [3.05, 3.63) is 11.6 Å². The second-order valence-electron chi connectivity index (χ2n) is 2.56. The highest BCUT2D eigenvalue weighted by atomic mass is 16.4. The first kappa shape index (κ1) is 16.9. The van der Waals surface area contributed by atoms with Gasteiger partial charge in [0.05, 0.1) is 0 Å². The van der Waals surface area contributed by atoms with E-state index in [0.29, 0.717) is 6.08 Å². The van der Waals surface area contributed by atoms with Crippen molar-refractivity contribution < 1.29 is 29.7 Å².